The van der Waals surface area contributed by atoms with E-state index in [9.17, 15) is 9.59 Å². The largest absolute Gasteiger partial charge is 0.481 e. The number of amides is 2. The van der Waals surface area contributed by atoms with Crippen molar-refractivity contribution in [1.29, 1.82) is 0 Å². The van der Waals surface area contributed by atoms with Crippen LogP contribution in [0.2, 0.25) is 0 Å². The average Bonchev–Trinajstić information content (AvgIpc) is 3.69. The quantitative estimate of drug-likeness (QED) is 0.703. The van der Waals surface area contributed by atoms with E-state index in [0.717, 1.165) is 36.9 Å². The smallest absolute Gasteiger partial charge is 0.263 e. The van der Waals surface area contributed by atoms with Gasteiger partial charge in [-0.05, 0) is 61.9 Å². The van der Waals surface area contributed by atoms with E-state index in [2.05, 4.69) is 42.2 Å². The first kappa shape index (κ1) is 22.0. The molecule has 1 saturated carbocycles. The van der Waals surface area contributed by atoms with Crippen molar-refractivity contribution in [2.75, 3.05) is 32.8 Å². The monoisotopic (exact) mass is 448 g/mol. The van der Waals surface area contributed by atoms with Gasteiger partial charge in [-0.2, -0.15) is 0 Å². The van der Waals surface area contributed by atoms with E-state index in [4.69, 9.17) is 9.47 Å². The fourth-order valence-corrected chi connectivity index (χ4v) is 4.87. The molecule has 0 N–H and O–H groups in total. The summed E-state index contributed by atoms with van der Waals surface area (Å²) in [4.78, 5) is 29.9. The van der Waals surface area contributed by atoms with Crippen molar-refractivity contribution in [2.24, 2.45) is 5.92 Å². The van der Waals surface area contributed by atoms with Gasteiger partial charge < -0.3 is 19.3 Å². The molecule has 5 rings (SSSR count). The molecule has 2 heterocycles. The standard InChI is InChI=1S/C27H32N2O4/c1-18-3-5-21(6-4-18)25-24-17-23(33-19(2)26(30)28-13-15-32-16-14-28)10-9-20(24)11-12-29(25)27(31)22-7-8-22/h3-6,9-10,17,19,22,25H,7-8,11-16H2,1-2H3/t19-,25+/m0/s1. The van der Waals surface area contributed by atoms with Gasteiger partial charge in [-0.3, -0.25) is 9.59 Å². The van der Waals surface area contributed by atoms with Crippen LogP contribution in [0.3, 0.4) is 0 Å². The molecular formula is C27H32N2O4. The van der Waals surface area contributed by atoms with E-state index in [0.29, 0.717) is 32.1 Å². The molecule has 1 aliphatic carbocycles. The van der Waals surface area contributed by atoms with Crippen LogP contribution < -0.4 is 4.74 Å². The lowest BCUT2D eigenvalue weighted by molar-refractivity contribution is -0.142. The van der Waals surface area contributed by atoms with Crippen molar-refractivity contribution in [3.05, 3.63) is 64.7 Å². The van der Waals surface area contributed by atoms with Gasteiger partial charge in [0.15, 0.2) is 6.10 Å². The van der Waals surface area contributed by atoms with Crippen molar-refractivity contribution in [3.63, 3.8) is 0 Å². The van der Waals surface area contributed by atoms with Crippen molar-refractivity contribution in [3.8, 4) is 5.75 Å². The van der Waals surface area contributed by atoms with E-state index in [1.165, 1.54) is 11.1 Å². The third-order valence-corrected chi connectivity index (χ3v) is 6.93. The molecule has 0 aromatic heterocycles. The number of morpholine rings is 1. The molecule has 2 fully saturated rings. The minimum atomic E-state index is -0.577. The number of hydrogen-bond acceptors (Lipinski definition) is 4. The Morgan fingerprint density at radius 1 is 1.03 bits per heavy atom. The highest BCUT2D eigenvalue weighted by molar-refractivity contribution is 5.82. The molecule has 6 nitrogen and oxygen atoms in total. The van der Waals surface area contributed by atoms with Gasteiger partial charge >= 0.3 is 0 Å². The van der Waals surface area contributed by atoms with Gasteiger partial charge in [-0.25, -0.2) is 0 Å². The molecule has 2 aromatic carbocycles. The molecule has 0 radical (unpaired) electrons. The van der Waals surface area contributed by atoms with Gasteiger partial charge in [0, 0.05) is 25.6 Å². The second kappa shape index (κ2) is 9.18. The molecule has 0 unspecified atom stereocenters. The Hall–Kier alpha value is -2.86. The van der Waals surface area contributed by atoms with Crippen LogP contribution in [0.25, 0.3) is 0 Å². The van der Waals surface area contributed by atoms with Crippen LogP contribution in [0, 0.1) is 12.8 Å². The van der Waals surface area contributed by atoms with E-state index < -0.39 is 6.10 Å². The fraction of sp³-hybridized carbons (Fsp3) is 0.481. The molecule has 3 aliphatic rings. The van der Waals surface area contributed by atoms with Gasteiger partial charge in [-0.1, -0.05) is 35.9 Å². The Bertz CT molecular complexity index is 1020. The third kappa shape index (κ3) is 4.62. The van der Waals surface area contributed by atoms with Crippen molar-refractivity contribution in [2.45, 2.75) is 45.3 Å². The van der Waals surface area contributed by atoms with Gasteiger partial charge in [-0.15, -0.1) is 0 Å². The summed E-state index contributed by atoms with van der Waals surface area (Å²) in [6.07, 6.45) is 2.24. The summed E-state index contributed by atoms with van der Waals surface area (Å²) in [5.41, 5.74) is 4.65. The number of hydrogen-bond donors (Lipinski definition) is 0. The topological polar surface area (TPSA) is 59.1 Å². The first-order chi connectivity index (χ1) is 16.0. The summed E-state index contributed by atoms with van der Waals surface area (Å²) in [6.45, 7) is 6.95. The van der Waals surface area contributed by atoms with Crippen LogP contribution in [0.5, 0.6) is 5.75 Å². The summed E-state index contributed by atoms with van der Waals surface area (Å²) >= 11 is 0. The number of rotatable bonds is 5. The molecule has 33 heavy (non-hydrogen) atoms. The lowest BCUT2D eigenvalue weighted by Gasteiger charge is -2.38. The van der Waals surface area contributed by atoms with Crippen LogP contribution in [0.4, 0.5) is 0 Å². The van der Waals surface area contributed by atoms with E-state index in [-0.39, 0.29) is 23.8 Å². The number of nitrogens with zero attached hydrogens (tertiary/aromatic N) is 2. The van der Waals surface area contributed by atoms with Crippen LogP contribution >= 0.6 is 0 Å². The highest BCUT2D eigenvalue weighted by atomic mass is 16.5. The maximum atomic E-state index is 13.2. The summed E-state index contributed by atoms with van der Waals surface area (Å²) in [7, 11) is 0. The van der Waals surface area contributed by atoms with Gasteiger partial charge in [0.05, 0.1) is 19.3 Å². The Balaban J connectivity index is 1.43. The zero-order valence-corrected chi connectivity index (χ0v) is 19.5. The van der Waals surface area contributed by atoms with E-state index >= 15 is 0 Å². The van der Waals surface area contributed by atoms with Crippen LogP contribution in [-0.2, 0) is 20.7 Å². The number of fused-ring (bicyclic) bond motifs is 1. The Kier molecular flexibility index (Phi) is 6.11. The summed E-state index contributed by atoms with van der Waals surface area (Å²) in [6, 6.07) is 14.4. The first-order valence-electron chi connectivity index (χ1n) is 12.0. The van der Waals surface area contributed by atoms with E-state index in [1.807, 2.05) is 12.1 Å². The second-order valence-electron chi connectivity index (χ2n) is 9.43. The molecule has 2 amide bonds. The Labute approximate surface area is 195 Å². The SMILES string of the molecule is Cc1ccc([C@@H]2c3cc(O[C@@H](C)C(=O)N4CCOCC4)ccc3CCN2C(=O)C2CC2)cc1. The molecule has 2 atom stereocenters. The average molecular weight is 449 g/mol. The van der Waals surface area contributed by atoms with Crippen molar-refractivity contribution in [1.82, 2.24) is 9.80 Å². The minimum Gasteiger partial charge on any atom is -0.481 e. The van der Waals surface area contributed by atoms with Crippen LogP contribution in [0.1, 0.15) is 48.1 Å². The van der Waals surface area contributed by atoms with Crippen LogP contribution in [0.15, 0.2) is 42.5 Å². The molecule has 0 spiro atoms. The lowest BCUT2D eigenvalue weighted by Crippen LogP contribution is -2.46. The van der Waals surface area contributed by atoms with Gasteiger partial charge in [0.1, 0.15) is 5.75 Å². The highest BCUT2D eigenvalue weighted by Gasteiger charge is 2.39. The first-order valence-corrected chi connectivity index (χ1v) is 12.0. The van der Waals surface area contributed by atoms with Gasteiger partial charge in [0.2, 0.25) is 5.91 Å². The number of aryl methyl sites for hydroxylation is 1. The molecule has 2 aliphatic heterocycles. The lowest BCUT2D eigenvalue weighted by atomic mass is 9.87. The van der Waals surface area contributed by atoms with E-state index in [1.54, 1.807) is 11.8 Å². The van der Waals surface area contributed by atoms with Crippen molar-refractivity contribution >= 4 is 11.8 Å². The number of carbonyl (C=O) groups excluding carboxylic acids is 2. The summed E-state index contributed by atoms with van der Waals surface area (Å²) in [5, 5.41) is 0. The molecule has 0 bridgehead atoms. The Morgan fingerprint density at radius 2 is 1.76 bits per heavy atom. The maximum absolute atomic E-state index is 13.2. The normalized spacial score (nSPS) is 21.3. The number of benzene rings is 2. The fourth-order valence-electron chi connectivity index (χ4n) is 4.87. The van der Waals surface area contributed by atoms with Crippen molar-refractivity contribution < 1.29 is 19.1 Å². The van der Waals surface area contributed by atoms with Crippen LogP contribution in [-0.4, -0.2) is 60.6 Å². The predicted octanol–water partition coefficient (Wildman–Crippen LogP) is 3.51. The molecule has 6 heteroatoms. The number of ether oxygens (including phenoxy) is 2. The minimum absolute atomic E-state index is 0.0170. The zero-order chi connectivity index (χ0) is 22.9. The number of carbonyl (C=O) groups is 2. The highest BCUT2D eigenvalue weighted by Crippen LogP contribution is 2.41. The molecule has 2 aromatic rings. The third-order valence-electron chi connectivity index (χ3n) is 6.93. The summed E-state index contributed by atoms with van der Waals surface area (Å²) < 4.78 is 11.5. The maximum Gasteiger partial charge on any atom is 0.263 e. The van der Waals surface area contributed by atoms with Gasteiger partial charge in [0.25, 0.3) is 5.91 Å². The Morgan fingerprint density at radius 3 is 2.45 bits per heavy atom. The molecule has 174 valence electrons. The molecular weight excluding hydrogens is 416 g/mol. The predicted molar refractivity (Wildman–Crippen MR) is 125 cm³/mol. The second-order valence-corrected chi connectivity index (χ2v) is 9.43. The summed E-state index contributed by atoms with van der Waals surface area (Å²) in [5.74, 6) is 1.08. The zero-order valence-electron chi connectivity index (χ0n) is 19.5. The molecule has 1 saturated heterocycles.